The second-order valence-corrected chi connectivity index (χ2v) is 2.82. The van der Waals surface area contributed by atoms with Crippen LogP contribution in [0, 0.1) is 0 Å². The van der Waals surface area contributed by atoms with E-state index in [4.69, 9.17) is 4.55 Å². The van der Waals surface area contributed by atoms with Gasteiger partial charge in [-0.1, -0.05) is 0 Å². The normalized spacial score (nSPS) is 15.4. The van der Waals surface area contributed by atoms with Gasteiger partial charge in [0.1, 0.15) is 0 Å². The first-order chi connectivity index (χ1) is 4.15. The molecule has 0 spiro atoms. The smallest absolute Gasteiger partial charge is 1.00 e. The number of alkyl halides is 4. The Morgan fingerprint density at radius 3 is 1.64 bits per heavy atom. The van der Waals surface area contributed by atoms with Gasteiger partial charge in [0.15, 0.2) is 0 Å². The number of rotatable bonds is 1. The quantitative estimate of drug-likeness (QED) is 0.436. The van der Waals surface area contributed by atoms with E-state index in [9.17, 15) is 26.0 Å². The van der Waals surface area contributed by atoms with Gasteiger partial charge >= 0.3 is 80.0 Å². The summed E-state index contributed by atoms with van der Waals surface area (Å²) >= 11 is 0. The van der Waals surface area contributed by atoms with E-state index in [1.165, 1.54) is 0 Å². The van der Waals surface area contributed by atoms with Crippen molar-refractivity contribution in [3.63, 3.8) is 0 Å². The molecule has 1 unspecified atom stereocenters. The van der Waals surface area contributed by atoms with E-state index in [-0.39, 0.29) is 59.6 Å². The summed E-state index contributed by atoms with van der Waals surface area (Å²) in [7, 11) is -5.65. The van der Waals surface area contributed by atoms with Crippen molar-refractivity contribution in [3.05, 3.63) is 0 Å². The summed E-state index contributed by atoms with van der Waals surface area (Å²) < 4.78 is 70.9. The Morgan fingerprint density at radius 2 is 1.64 bits per heavy atom. The van der Waals surface area contributed by atoms with Gasteiger partial charge in [0.2, 0.25) is 0 Å². The van der Waals surface area contributed by atoms with Crippen LogP contribution < -0.4 is 58.2 Å². The minimum absolute atomic E-state index is 0. The molecule has 0 aliphatic heterocycles. The number of hydrogen-bond donors (Lipinski definition) is 1. The summed E-state index contributed by atoms with van der Waals surface area (Å²) in [5.74, 6) is 0. The van der Waals surface area contributed by atoms with Crippen molar-refractivity contribution >= 4 is 10.1 Å². The molecule has 64 valence electrons. The van der Waals surface area contributed by atoms with E-state index in [1.54, 1.807) is 0 Å². The topological polar surface area (TPSA) is 54.4 Å². The molecule has 0 radical (unpaired) electrons. The molecular formula is C2H3F4O3RbS. The van der Waals surface area contributed by atoms with Gasteiger partial charge in [-0.25, -0.2) is 4.39 Å². The predicted molar refractivity (Wildman–Crippen MR) is 23.6 cm³/mol. The molecule has 9 heteroatoms. The molecule has 0 amide bonds. The van der Waals surface area contributed by atoms with Gasteiger partial charge in [-0.05, 0) is 0 Å². The fraction of sp³-hybridized carbons (Fsp3) is 1.00. The molecule has 0 heterocycles. The Bertz CT molecular complexity index is 213. The Balaban J connectivity index is -0.000000405. The van der Waals surface area contributed by atoms with E-state index in [0.29, 0.717) is 0 Å². The first kappa shape index (κ1) is 14.9. The van der Waals surface area contributed by atoms with E-state index < -0.39 is 21.8 Å². The summed E-state index contributed by atoms with van der Waals surface area (Å²) in [5, 5.41) is 0. The Kier molecular flexibility index (Phi) is 6.26. The summed E-state index contributed by atoms with van der Waals surface area (Å²) in [6.45, 7) is 0. The molecule has 0 aromatic heterocycles. The van der Waals surface area contributed by atoms with Gasteiger partial charge in [-0.2, -0.15) is 21.6 Å². The van der Waals surface area contributed by atoms with Crippen molar-refractivity contribution in [2.75, 3.05) is 0 Å². The molecule has 11 heavy (non-hydrogen) atoms. The van der Waals surface area contributed by atoms with E-state index in [1.807, 2.05) is 0 Å². The maximum Gasteiger partial charge on any atom is 1.00 e. The van der Waals surface area contributed by atoms with Crippen LogP contribution in [0.5, 0.6) is 0 Å². The molecule has 0 aliphatic rings. The third-order valence-corrected chi connectivity index (χ3v) is 1.31. The van der Waals surface area contributed by atoms with Gasteiger partial charge < -0.3 is 1.43 Å². The third-order valence-electron chi connectivity index (χ3n) is 0.519. The van der Waals surface area contributed by atoms with Crippen molar-refractivity contribution in [1.29, 1.82) is 0 Å². The average Bonchev–Trinajstić information content (AvgIpc) is 1.59. The zero-order valence-corrected chi connectivity index (χ0v) is 11.0. The van der Waals surface area contributed by atoms with E-state index in [2.05, 4.69) is 0 Å². The van der Waals surface area contributed by atoms with E-state index >= 15 is 0 Å². The average molecular weight is 269 g/mol. The van der Waals surface area contributed by atoms with Crippen molar-refractivity contribution in [2.24, 2.45) is 0 Å². The summed E-state index contributed by atoms with van der Waals surface area (Å²) in [6, 6.07) is 0. The number of hydrogen-bond acceptors (Lipinski definition) is 2. The maximum atomic E-state index is 11.5. The summed E-state index contributed by atoms with van der Waals surface area (Å²) in [6.07, 6.45) is -5.56. The summed E-state index contributed by atoms with van der Waals surface area (Å²) in [4.78, 5) is 0. The van der Waals surface area contributed by atoms with Gasteiger partial charge in [-0.15, -0.1) is 0 Å². The first-order valence-electron chi connectivity index (χ1n) is 1.83. The van der Waals surface area contributed by atoms with Gasteiger partial charge in [0, 0.05) is 0 Å². The SMILES string of the molecule is O=S(=O)(O)C(F)C(F)(F)F.[H-].[Rb+]. The van der Waals surface area contributed by atoms with Crippen molar-refractivity contribution in [3.8, 4) is 0 Å². The summed E-state index contributed by atoms with van der Waals surface area (Å²) in [5.41, 5.74) is -4.21. The minimum Gasteiger partial charge on any atom is -1.00 e. The molecule has 1 atom stereocenters. The van der Waals surface area contributed by atoms with Crippen LogP contribution in [0.3, 0.4) is 0 Å². The second-order valence-electron chi connectivity index (χ2n) is 1.37. The van der Waals surface area contributed by atoms with Crippen LogP contribution in [-0.4, -0.2) is 24.7 Å². The van der Waals surface area contributed by atoms with Crippen LogP contribution in [0.2, 0.25) is 0 Å². The van der Waals surface area contributed by atoms with Crippen LogP contribution in [-0.2, 0) is 10.1 Å². The molecule has 0 fully saturated rings. The zero-order chi connectivity index (χ0) is 8.58. The molecule has 0 saturated heterocycles. The van der Waals surface area contributed by atoms with Crippen LogP contribution in [0.15, 0.2) is 0 Å². The first-order valence-corrected chi connectivity index (χ1v) is 3.33. The monoisotopic (exact) mass is 268 g/mol. The van der Waals surface area contributed by atoms with Crippen LogP contribution in [0.4, 0.5) is 17.6 Å². The Labute approximate surface area is 110 Å². The molecular weight excluding hydrogens is 266 g/mol. The molecule has 0 aliphatic carbocycles. The molecule has 0 aromatic carbocycles. The Hall–Kier alpha value is 1.44. The fourth-order valence-corrected chi connectivity index (χ4v) is 0.507. The van der Waals surface area contributed by atoms with Gasteiger partial charge in [0.25, 0.3) is 0 Å². The van der Waals surface area contributed by atoms with Crippen LogP contribution >= 0.6 is 0 Å². The molecule has 1 N–H and O–H groups in total. The van der Waals surface area contributed by atoms with Crippen molar-refractivity contribution in [2.45, 2.75) is 11.7 Å². The van der Waals surface area contributed by atoms with E-state index in [0.717, 1.165) is 0 Å². The Morgan fingerprint density at radius 1 is 1.36 bits per heavy atom. The molecule has 0 saturated carbocycles. The van der Waals surface area contributed by atoms with Crippen molar-refractivity contribution in [1.82, 2.24) is 0 Å². The molecule has 0 bridgehead atoms. The standard InChI is InChI=1S/C2H2F4O3S.Rb.H/c3-1(2(4,5)6)10(7,8)9;;/h1H,(H,7,8,9);;/q;+1;-1. The third kappa shape index (κ3) is 5.64. The van der Waals surface area contributed by atoms with Gasteiger partial charge in [-0.3, -0.25) is 4.55 Å². The maximum absolute atomic E-state index is 11.5. The minimum atomic E-state index is -5.65. The predicted octanol–water partition coefficient (Wildman–Crippen LogP) is -2.15. The van der Waals surface area contributed by atoms with Gasteiger partial charge in [0.05, 0.1) is 0 Å². The zero-order valence-electron chi connectivity index (χ0n) is 6.26. The molecule has 3 nitrogen and oxygen atoms in total. The largest absolute Gasteiger partial charge is 1.00 e. The van der Waals surface area contributed by atoms with Crippen molar-refractivity contribution < 1.29 is 90.1 Å². The number of halogens is 4. The molecule has 0 rings (SSSR count). The van der Waals surface area contributed by atoms with Crippen LogP contribution in [0.1, 0.15) is 1.43 Å². The van der Waals surface area contributed by atoms with Crippen LogP contribution in [0.25, 0.3) is 0 Å². The second kappa shape index (κ2) is 4.61. The fourth-order valence-electron chi connectivity index (χ4n) is 0.169. The molecule has 0 aromatic rings.